The van der Waals surface area contributed by atoms with E-state index < -0.39 is 23.1 Å². The van der Waals surface area contributed by atoms with Crippen molar-refractivity contribution in [2.24, 2.45) is 0 Å². The summed E-state index contributed by atoms with van der Waals surface area (Å²) in [7, 11) is 1.19. The van der Waals surface area contributed by atoms with Gasteiger partial charge in [-0.1, -0.05) is 11.6 Å². The number of halogens is 1. The predicted molar refractivity (Wildman–Crippen MR) is 85.0 cm³/mol. The molecule has 0 aliphatic carbocycles. The predicted octanol–water partition coefficient (Wildman–Crippen LogP) is 3.33. The molecule has 6 nitrogen and oxygen atoms in total. The van der Waals surface area contributed by atoms with Crippen LogP contribution in [-0.2, 0) is 14.3 Å². The molecule has 0 fully saturated rings. The Morgan fingerprint density at radius 2 is 1.70 bits per heavy atom. The molecule has 1 rings (SSSR count). The minimum atomic E-state index is -1.34. The summed E-state index contributed by atoms with van der Waals surface area (Å²) in [6, 6.07) is 2.37. The lowest BCUT2D eigenvalue weighted by Crippen LogP contribution is -2.43. The molecular formula is C16H21ClO6. The van der Waals surface area contributed by atoms with Crippen molar-refractivity contribution in [2.45, 2.75) is 45.8 Å². The van der Waals surface area contributed by atoms with Crippen LogP contribution in [0.25, 0.3) is 0 Å². The molecule has 1 aromatic carbocycles. The van der Waals surface area contributed by atoms with Crippen molar-refractivity contribution in [1.82, 2.24) is 0 Å². The van der Waals surface area contributed by atoms with Crippen LogP contribution in [-0.4, -0.2) is 35.4 Å². The van der Waals surface area contributed by atoms with Crippen LogP contribution in [0.4, 0.5) is 0 Å². The molecule has 0 heterocycles. The molecule has 0 spiro atoms. The van der Waals surface area contributed by atoms with E-state index in [4.69, 9.17) is 21.1 Å². The number of rotatable bonds is 4. The SMILES string of the molecule is COC(=O)c1cc(Cl)c(OC(C)(C)C(=O)OC(C)(C)C)cc1O. The number of aromatic hydroxyl groups is 1. The largest absolute Gasteiger partial charge is 0.507 e. The second-order valence-corrected chi connectivity index (χ2v) is 6.81. The van der Waals surface area contributed by atoms with Crippen LogP contribution >= 0.6 is 11.6 Å². The van der Waals surface area contributed by atoms with Gasteiger partial charge in [-0.15, -0.1) is 0 Å². The van der Waals surface area contributed by atoms with Gasteiger partial charge in [0.15, 0.2) is 5.60 Å². The second kappa shape index (κ2) is 6.66. The number of hydrogen-bond donors (Lipinski definition) is 1. The topological polar surface area (TPSA) is 82.1 Å². The highest BCUT2D eigenvalue weighted by atomic mass is 35.5. The molecule has 0 unspecified atom stereocenters. The van der Waals surface area contributed by atoms with E-state index in [1.165, 1.54) is 27.0 Å². The maximum Gasteiger partial charge on any atom is 0.350 e. The summed E-state index contributed by atoms with van der Waals surface area (Å²) < 4.78 is 15.4. The Labute approximate surface area is 140 Å². The summed E-state index contributed by atoms with van der Waals surface area (Å²) in [5.41, 5.74) is -2.10. The molecular weight excluding hydrogens is 324 g/mol. The lowest BCUT2D eigenvalue weighted by Gasteiger charge is -2.29. The van der Waals surface area contributed by atoms with Gasteiger partial charge in [0.25, 0.3) is 0 Å². The molecule has 0 aliphatic heterocycles. The third-order valence-electron chi connectivity index (χ3n) is 2.71. The van der Waals surface area contributed by atoms with E-state index in [-0.39, 0.29) is 22.1 Å². The van der Waals surface area contributed by atoms with Crippen LogP contribution in [0.15, 0.2) is 12.1 Å². The van der Waals surface area contributed by atoms with Crippen LogP contribution in [0.5, 0.6) is 11.5 Å². The first-order chi connectivity index (χ1) is 10.4. The first-order valence-corrected chi connectivity index (χ1v) is 7.28. The van der Waals surface area contributed by atoms with E-state index in [9.17, 15) is 14.7 Å². The molecule has 0 saturated heterocycles. The fraction of sp³-hybridized carbons (Fsp3) is 0.500. The zero-order valence-electron chi connectivity index (χ0n) is 14.0. The number of hydrogen-bond acceptors (Lipinski definition) is 6. The molecule has 1 N–H and O–H groups in total. The van der Waals surface area contributed by atoms with Gasteiger partial charge < -0.3 is 19.3 Å². The molecule has 0 radical (unpaired) electrons. The zero-order valence-corrected chi connectivity index (χ0v) is 14.8. The highest BCUT2D eigenvalue weighted by molar-refractivity contribution is 6.32. The van der Waals surface area contributed by atoms with Gasteiger partial charge in [0, 0.05) is 6.07 Å². The number of methoxy groups -OCH3 is 1. The third kappa shape index (κ3) is 5.03. The van der Waals surface area contributed by atoms with Crippen molar-refractivity contribution in [2.75, 3.05) is 7.11 Å². The van der Waals surface area contributed by atoms with Crippen molar-refractivity contribution < 1.29 is 28.9 Å². The highest BCUT2D eigenvalue weighted by Gasteiger charge is 2.35. The summed E-state index contributed by atoms with van der Waals surface area (Å²) in [6.45, 7) is 8.26. The number of esters is 2. The Balaban J connectivity index is 3.07. The third-order valence-corrected chi connectivity index (χ3v) is 3.01. The Kier molecular flexibility index (Phi) is 5.53. The molecule has 23 heavy (non-hydrogen) atoms. The highest BCUT2D eigenvalue weighted by Crippen LogP contribution is 2.35. The summed E-state index contributed by atoms with van der Waals surface area (Å²) in [4.78, 5) is 23.7. The van der Waals surface area contributed by atoms with Gasteiger partial charge in [0.1, 0.15) is 22.7 Å². The standard InChI is InChI=1S/C16H21ClO6/c1-15(2,3)23-14(20)16(4,5)22-12-8-11(18)9(7-10(12)17)13(19)21-6/h7-8,18H,1-6H3. The number of phenols is 1. The van der Waals surface area contributed by atoms with E-state index in [1.807, 2.05) is 0 Å². The molecule has 0 atom stereocenters. The first-order valence-electron chi connectivity index (χ1n) is 6.90. The number of ether oxygens (including phenoxy) is 3. The number of benzene rings is 1. The van der Waals surface area contributed by atoms with E-state index in [0.29, 0.717) is 0 Å². The summed E-state index contributed by atoms with van der Waals surface area (Å²) in [5.74, 6) is -1.64. The fourth-order valence-corrected chi connectivity index (χ4v) is 1.81. The van der Waals surface area contributed by atoms with Gasteiger partial charge >= 0.3 is 11.9 Å². The van der Waals surface area contributed by atoms with Gasteiger partial charge in [-0.25, -0.2) is 9.59 Å². The average molecular weight is 345 g/mol. The maximum atomic E-state index is 12.2. The Morgan fingerprint density at radius 3 is 2.17 bits per heavy atom. The van der Waals surface area contributed by atoms with Crippen LogP contribution in [0.1, 0.15) is 45.0 Å². The lowest BCUT2D eigenvalue weighted by atomic mass is 10.1. The Bertz CT molecular complexity index is 616. The van der Waals surface area contributed by atoms with Crippen LogP contribution in [0.3, 0.4) is 0 Å². The van der Waals surface area contributed by atoms with Crippen molar-refractivity contribution in [3.8, 4) is 11.5 Å². The average Bonchev–Trinajstić information content (AvgIpc) is 2.39. The van der Waals surface area contributed by atoms with Crippen LogP contribution in [0.2, 0.25) is 5.02 Å². The summed E-state index contributed by atoms with van der Waals surface area (Å²) in [6.07, 6.45) is 0. The molecule has 0 aromatic heterocycles. The van der Waals surface area contributed by atoms with E-state index in [1.54, 1.807) is 20.8 Å². The van der Waals surface area contributed by atoms with Gasteiger partial charge in [0.2, 0.25) is 0 Å². The minimum absolute atomic E-state index is 0.0488. The van der Waals surface area contributed by atoms with Crippen molar-refractivity contribution >= 4 is 23.5 Å². The number of carbonyl (C=O) groups excluding carboxylic acids is 2. The smallest absolute Gasteiger partial charge is 0.350 e. The molecule has 0 amide bonds. The Hall–Kier alpha value is -1.95. The first kappa shape index (κ1) is 19.1. The second-order valence-electron chi connectivity index (χ2n) is 6.41. The summed E-state index contributed by atoms with van der Waals surface area (Å²) >= 11 is 6.05. The molecule has 0 aliphatic rings. The number of phenolic OH excluding ortho intramolecular Hbond substituents is 1. The number of carbonyl (C=O) groups is 2. The van der Waals surface area contributed by atoms with E-state index >= 15 is 0 Å². The minimum Gasteiger partial charge on any atom is -0.507 e. The fourth-order valence-electron chi connectivity index (χ4n) is 1.61. The monoisotopic (exact) mass is 344 g/mol. The normalized spacial score (nSPS) is 11.8. The quantitative estimate of drug-likeness (QED) is 0.844. The van der Waals surface area contributed by atoms with E-state index in [2.05, 4.69) is 4.74 Å². The van der Waals surface area contributed by atoms with Crippen LogP contribution in [0, 0.1) is 0 Å². The molecule has 1 aromatic rings. The van der Waals surface area contributed by atoms with E-state index in [0.717, 1.165) is 6.07 Å². The molecule has 128 valence electrons. The maximum absolute atomic E-state index is 12.2. The zero-order chi connectivity index (χ0) is 18.0. The van der Waals surface area contributed by atoms with Gasteiger partial charge in [-0.2, -0.15) is 0 Å². The Morgan fingerprint density at radius 1 is 1.13 bits per heavy atom. The van der Waals surface area contributed by atoms with Gasteiger partial charge in [0.05, 0.1) is 12.1 Å². The van der Waals surface area contributed by atoms with Gasteiger partial charge in [-0.3, -0.25) is 0 Å². The van der Waals surface area contributed by atoms with Crippen molar-refractivity contribution in [3.05, 3.63) is 22.7 Å². The van der Waals surface area contributed by atoms with Gasteiger partial charge in [-0.05, 0) is 40.7 Å². The molecule has 7 heteroatoms. The summed E-state index contributed by atoms with van der Waals surface area (Å²) in [5, 5.41) is 9.94. The van der Waals surface area contributed by atoms with Crippen molar-refractivity contribution in [3.63, 3.8) is 0 Å². The molecule has 0 saturated carbocycles. The van der Waals surface area contributed by atoms with Crippen LogP contribution < -0.4 is 4.74 Å². The lowest BCUT2D eigenvalue weighted by molar-refractivity contribution is -0.170. The molecule has 0 bridgehead atoms. The van der Waals surface area contributed by atoms with Crippen molar-refractivity contribution in [1.29, 1.82) is 0 Å².